The molecule has 1 aromatic carbocycles. The molecule has 1 aliphatic heterocycles. The van der Waals surface area contributed by atoms with Crippen molar-refractivity contribution in [2.75, 3.05) is 30.4 Å². The van der Waals surface area contributed by atoms with Gasteiger partial charge in [0.1, 0.15) is 0 Å². The first-order valence-corrected chi connectivity index (χ1v) is 5.80. The van der Waals surface area contributed by atoms with E-state index in [0.29, 0.717) is 0 Å². The lowest BCUT2D eigenvalue weighted by Gasteiger charge is -2.39. The first-order valence-electron chi connectivity index (χ1n) is 5.80. The maximum atomic E-state index is 12.8. The molecular formula is C13H19FN2. The minimum absolute atomic E-state index is 0.125. The average molecular weight is 222 g/mol. The van der Waals surface area contributed by atoms with Crippen LogP contribution in [0.1, 0.15) is 19.8 Å². The summed E-state index contributed by atoms with van der Waals surface area (Å²) < 4.78 is 12.8. The standard InChI is InChI=1S/C13H19FN2/c1-13(10-14)6-8-16(9-7-13)12-5-3-2-4-11(12)15/h2-5H,6-10,15H2,1H3. The number of piperidine rings is 1. The van der Waals surface area contributed by atoms with Gasteiger partial charge < -0.3 is 10.6 Å². The van der Waals surface area contributed by atoms with Crippen molar-refractivity contribution in [1.29, 1.82) is 0 Å². The van der Waals surface area contributed by atoms with Crippen molar-refractivity contribution >= 4 is 11.4 Å². The molecule has 0 atom stereocenters. The molecule has 1 heterocycles. The summed E-state index contributed by atoms with van der Waals surface area (Å²) in [5, 5.41) is 0. The predicted octanol–water partition coefficient (Wildman–Crippen LogP) is 2.84. The van der Waals surface area contributed by atoms with Crippen LogP contribution in [0, 0.1) is 5.41 Å². The molecule has 88 valence electrons. The first kappa shape index (κ1) is 11.2. The number of para-hydroxylation sites is 2. The van der Waals surface area contributed by atoms with Crippen LogP contribution in [0.15, 0.2) is 24.3 Å². The van der Waals surface area contributed by atoms with E-state index in [-0.39, 0.29) is 12.1 Å². The molecule has 1 fully saturated rings. The van der Waals surface area contributed by atoms with E-state index in [0.717, 1.165) is 37.3 Å². The maximum Gasteiger partial charge on any atom is 0.0949 e. The molecule has 2 N–H and O–H groups in total. The van der Waals surface area contributed by atoms with Crippen LogP contribution in [0.2, 0.25) is 0 Å². The number of halogens is 1. The van der Waals surface area contributed by atoms with Gasteiger partial charge in [0.2, 0.25) is 0 Å². The van der Waals surface area contributed by atoms with Crippen molar-refractivity contribution in [3.63, 3.8) is 0 Å². The molecule has 0 saturated carbocycles. The summed E-state index contributed by atoms with van der Waals surface area (Å²) in [4.78, 5) is 2.26. The van der Waals surface area contributed by atoms with Gasteiger partial charge in [-0.1, -0.05) is 19.1 Å². The lowest BCUT2D eigenvalue weighted by molar-refractivity contribution is 0.183. The molecule has 0 spiro atoms. The van der Waals surface area contributed by atoms with Crippen molar-refractivity contribution in [3.8, 4) is 0 Å². The summed E-state index contributed by atoms with van der Waals surface area (Å²) in [6.07, 6.45) is 1.80. The van der Waals surface area contributed by atoms with Gasteiger partial charge in [-0.15, -0.1) is 0 Å². The Morgan fingerprint density at radius 2 is 1.94 bits per heavy atom. The van der Waals surface area contributed by atoms with Crippen LogP contribution in [0.25, 0.3) is 0 Å². The molecule has 0 unspecified atom stereocenters. The molecule has 2 rings (SSSR count). The van der Waals surface area contributed by atoms with Gasteiger partial charge in [-0.3, -0.25) is 4.39 Å². The van der Waals surface area contributed by atoms with E-state index >= 15 is 0 Å². The number of anilines is 2. The van der Waals surface area contributed by atoms with Gasteiger partial charge in [-0.2, -0.15) is 0 Å². The molecule has 1 aromatic rings. The number of nitrogens with zero attached hydrogens (tertiary/aromatic N) is 1. The van der Waals surface area contributed by atoms with Crippen LogP contribution in [0.5, 0.6) is 0 Å². The number of hydrogen-bond donors (Lipinski definition) is 1. The zero-order chi connectivity index (χ0) is 11.6. The van der Waals surface area contributed by atoms with Crippen molar-refractivity contribution in [1.82, 2.24) is 0 Å². The van der Waals surface area contributed by atoms with Crippen molar-refractivity contribution in [2.24, 2.45) is 5.41 Å². The smallest absolute Gasteiger partial charge is 0.0949 e. The van der Waals surface area contributed by atoms with E-state index in [1.807, 2.05) is 31.2 Å². The summed E-state index contributed by atoms with van der Waals surface area (Å²) in [6, 6.07) is 7.88. The molecule has 2 nitrogen and oxygen atoms in total. The van der Waals surface area contributed by atoms with Gasteiger partial charge in [0.15, 0.2) is 0 Å². The molecule has 1 aliphatic rings. The van der Waals surface area contributed by atoms with E-state index in [1.54, 1.807) is 0 Å². The SMILES string of the molecule is CC1(CF)CCN(c2ccccc2N)CC1. The number of benzene rings is 1. The second-order valence-corrected chi connectivity index (χ2v) is 4.99. The Hall–Kier alpha value is -1.25. The number of hydrogen-bond acceptors (Lipinski definition) is 2. The minimum Gasteiger partial charge on any atom is -0.397 e. The van der Waals surface area contributed by atoms with Crippen LogP contribution < -0.4 is 10.6 Å². The van der Waals surface area contributed by atoms with Gasteiger partial charge in [-0.05, 0) is 30.4 Å². The van der Waals surface area contributed by atoms with Crippen LogP contribution in [0.4, 0.5) is 15.8 Å². The predicted molar refractivity (Wildman–Crippen MR) is 66.4 cm³/mol. The third-order valence-electron chi connectivity index (χ3n) is 3.57. The number of nitrogens with two attached hydrogens (primary N) is 1. The minimum atomic E-state index is -0.217. The quantitative estimate of drug-likeness (QED) is 0.780. The first-order chi connectivity index (χ1) is 7.64. The van der Waals surface area contributed by atoms with E-state index < -0.39 is 0 Å². The van der Waals surface area contributed by atoms with Gasteiger partial charge in [0.05, 0.1) is 18.0 Å². The summed E-state index contributed by atoms with van der Waals surface area (Å²) in [5.41, 5.74) is 7.71. The fourth-order valence-corrected chi connectivity index (χ4v) is 2.20. The Morgan fingerprint density at radius 1 is 1.31 bits per heavy atom. The molecule has 0 radical (unpaired) electrons. The molecular weight excluding hydrogens is 203 g/mol. The molecule has 1 saturated heterocycles. The second-order valence-electron chi connectivity index (χ2n) is 4.99. The van der Waals surface area contributed by atoms with Crippen molar-refractivity contribution in [2.45, 2.75) is 19.8 Å². The highest BCUT2D eigenvalue weighted by Gasteiger charge is 2.30. The Balaban J connectivity index is 2.07. The summed E-state index contributed by atoms with van der Waals surface area (Å²) in [7, 11) is 0. The fraction of sp³-hybridized carbons (Fsp3) is 0.538. The van der Waals surface area contributed by atoms with Crippen LogP contribution in [-0.4, -0.2) is 19.8 Å². The van der Waals surface area contributed by atoms with Crippen molar-refractivity contribution < 1.29 is 4.39 Å². The van der Waals surface area contributed by atoms with Gasteiger partial charge in [0.25, 0.3) is 0 Å². The summed E-state index contributed by atoms with van der Waals surface area (Å²) in [5.74, 6) is 0. The van der Waals surface area contributed by atoms with Crippen LogP contribution >= 0.6 is 0 Å². The molecule has 3 heteroatoms. The Kier molecular flexibility index (Phi) is 3.03. The average Bonchev–Trinajstić information content (AvgIpc) is 2.31. The largest absolute Gasteiger partial charge is 0.397 e. The third kappa shape index (κ3) is 2.13. The highest BCUT2D eigenvalue weighted by atomic mass is 19.1. The topological polar surface area (TPSA) is 29.3 Å². The van der Waals surface area contributed by atoms with E-state index in [9.17, 15) is 4.39 Å². The Bertz CT molecular complexity index is 357. The lowest BCUT2D eigenvalue weighted by Crippen LogP contribution is -2.40. The summed E-state index contributed by atoms with van der Waals surface area (Å²) in [6.45, 7) is 3.60. The van der Waals surface area contributed by atoms with Crippen LogP contribution in [-0.2, 0) is 0 Å². The Labute approximate surface area is 96.2 Å². The van der Waals surface area contributed by atoms with Gasteiger partial charge >= 0.3 is 0 Å². The summed E-state index contributed by atoms with van der Waals surface area (Å²) >= 11 is 0. The van der Waals surface area contributed by atoms with Crippen molar-refractivity contribution in [3.05, 3.63) is 24.3 Å². The van der Waals surface area contributed by atoms with Crippen LogP contribution in [0.3, 0.4) is 0 Å². The molecule has 0 aliphatic carbocycles. The van der Waals surface area contributed by atoms with E-state index in [2.05, 4.69) is 4.90 Å². The number of alkyl halides is 1. The zero-order valence-corrected chi connectivity index (χ0v) is 9.75. The normalized spacial score (nSPS) is 19.8. The van der Waals surface area contributed by atoms with Gasteiger partial charge in [0, 0.05) is 13.1 Å². The zero-order valence-electron chi connectivity index (χ0n) is 9.75. The van der Waals surface area contributed by atoms with Gasteiger partial charge in [-0.25, -0.2) is 0 Å². The number of nitrogen functional groups attached to an aromatic ring is 1. The van der Waals surface area contributed by atoms with E-state index in [4.69, 9.17) is 5.73 Å². The fourth-order valence-electron chi connectivity index (χ4n) is 2.20. The Morgan fingerprint density at radius 3 is 2.50 bits per heavy atom. The monoisotopic (exact) mass is 222 g/mol. The third-order valence-corrected chi connectivity index (χ3v) is 3.57. The highest BCUT2D eigenvalue weighted by Crippen LogP contribution is 2.34. The molecule has 16 heavy (non-hydrogen) atoms. The molecule has 0 bridgehead atoms. The molecule has 0 amide bonds. The maximum absolute atomic E-state index is 12.8. The second kappa shape index (κ2) is 4.32. The number of rotatable bonds is 2. The molecule has 0 aromatic heterocycles. The highest BCUT2D eigenvalue weighted by molar-refractivity contribution is 5.67. The van der Waals surface area contributed by atoms with E-state index in [1.165, 1.54) is 0 Å². The lowest BCUT2D eigenvalue weighted by atomic mass is 9.81.